The third-order valence-electron chi connectivity index (χ3n) is 4.22. The Labute approximate surface area is 127 Å². The molecule has 108 valence electrons. The van der Waals surface area contributed by atoms with Crippen molar-refractivity contribution in [2.75, 3.05) is 0 Å². The predicted molar refractivity (Wildman–Crippen MR) is 80.8 cm³/mol. The van der Waals surface area contributed by atoms with Crippen LogP contribution in [0.3, 0.4) is 0 Å². The highest BCUT2D eigenvalue weighted by molar-refractivity contribution is 6.31. The maximum atomic E-state index is 13.6. The van der Waals surface area contributed by atoms with Crippen molar-refractivity contribution in [1.82, 2.24) is 9.55 Å². The van der Waals surface area contributed by atoms with Crippen molar-refractivity contribution in [1.29, 1.82) is 0 Å². The Morgan fingerprint density at radius 3 is 2.75 bits per heavy atom. The highest BCUT2D eigenvalue weighted by atomic mass is 35.5. The van der Waals surface area contributed by atoms with Crippen molar-refractivity contribution >= 4 is 34.2 Å². The van der Waals surface area contributed by atoms with Crippen LogP contribution in [0.15, 0.2) is 12.1 Å². The van der Waals surface area contributed by atoms with E-state index in [2.05, 4.69) is 16.5 Å². The summed E-state index contributed by atoms with van der Waals surface area (Å²) in [4.78, 5) is 4.44. The third-order valence-corrected chi connectivity index (χ3v) is 4.75. The number of aromatic nitrogens is 2. The van der Waals surface area contributed by atoms with E-state index in [-0.39, 0.29) is 5.02 Å². The Kier molecular flexibility index (Phi) is 3.67. The summed E-state index contributed by atoms with van der Waals surface area (Å²) in [5.41, 5.74) is 1.90. The molecule has 0 spiro atoms. The molecular weight excluding hydrogens is 298 g/mol. The highest BCUT2D eigenvalue weighted by Gasteiger charge is 2.42. The first-order valence-corrected chi connectivity index (χ1v) is 7.90. The van der Waals surface area contributed by atoms with Crippen LogP contribution in [0, 0.1) is 11.2 Å². The number of benzene rings is 1. The van der Waals surface area contributed by atoms with Crippen molar-refractivity contribution in [2.45, 2.75) is 45.0 Å². The molecule has 1 aliphatic rings. The van der Waals surface area contributed by atoms with Crippen molar-refractivity contribution in [2.24, 2.45) is 5.41 Å². The Balaban J connectivity index is 2.06. The molecule has 20 heavy (non-hydrogen) atoms. The SMILES string of the molecule is CCCC1(Cn2c(CCl)nc3cc(F)c(Cl)cc32)CC1. The van der Waals surface area contributed by atoms with E-state index >= 15 is 0 Å². The molecule has 2 aromatic rings. The highest BCUT2D eigenvalue weighted by Crippen LogP contribution is 2.51. The molecule has 2 nitrogen and oxygen atoms in total. The normalized spacial score (nSPS) is 16.8. The first-order valence-electron chi connectivity index (χ1n) is 6.99. The van der Waals surface area contributed by atoms with Crippen molar-refractivity contribution in [3.63, 3.8) is 0 Å². The first kappa shape index (κ1) is 14.2. The molecule has 5 heteroatoms. The van der Waals surface area contributed by atoms with Crippen LogP contribution in [-0.4, -0.2) is 9.55 Å². The second kappa shape index (κ2) is 5.19. The molecule has 0 N–H and O–H groups in total. The molecule has 1 aliphatic carbocycles. The first-order chi connectivity index (χ1) is 9.58. The lowest BCUT2D eigenvalue weighted by Gasteiger charge is -2.17. The van der Waals surface area contributed by atoms with Crippen LogP contribution in [-0.2, 0) is 12.4 Å². The number of rotatable bonds is 5. The maximum Gasteiger partial charge on any atom is 0.144 e. The second-order valence-corrected chi connectivity index (χ2v) is 6.43. The van der Waals surface area contributed by atoms with Crippen LogP contribution in [0.2, 0.25) is 5.02 Å². The largest absolute Gasteiger partial charge is 0.326 e. The van der Waals surface area contributed by atoms with Gasteiger partial charge in [-0.25, -0.2) is 9.37 Å². The van der Waals surface area contributed by atoms with Crippen LogP contribution < -0.4 is 0 Å². The van der Waals surface area contributed by atoms with Gasteiger partial charge in [0.2, 0.25) is 0 Å². The molecule has 1 aromatic carbocycles. The fourth-order valence-electron chi connectivity index (χ4n) is 2.98. The van der Waals surface area contributed by atoms with E-state index in [0.29, 0.717) is 16.8 Å². The number of fused-ring (bicyclic) bond motifs is 1. The molecule has 0 radical (unpaired) electrons. The summed E-state index contributed by atoms with van der Waals surface area (Å²) in [6.45, 7) is 3.11. The van der Waals surface area contributed by atoms with Crippen LogP contribution >= 0.6 is 23.2 Å². The fraction of sp³-hybridized carbons (Fsp3) is 0.533. The van der Waals surface area contributed by atoms with Crippen molar-refractivity contribution in [3.05, 3.63) is 28.8 Å². The van der Waals surface area contributed by atoms with Crippen molar-refractivity contribution < 1.29 is 4.39 Å². The zero-order valence-electron chi connectivity index (χ0n) is 11.4. The van der Waals surface area contributed by atoms with Gasteiger partial charge in [-0.3, -0.25) is 0 Å². The van der Waals surface area contributed by atoms with Crippen LogP contribution in [0.4, 0.5) is 4.39 Å². The monoisotopic (exact) mass is 314 g/mol. The summed E-state index contributed by atoms with van der Waals surface area (Å²) in [6, 6.07) is 3.06. The molecule has 1 saturated carbocycles. The molecule has 1 fully saturated rings. The van der Waals surface area contributed by atoms with Gasteiger partial charge in [0.1, 0.15) is 11.6 Å². The minimum absolute atomic E-state index is 0.139. The van der Waals surface area contributed by atoms with Gasteiger partial charge in [0, 0.05) is 12.6 Å². The molecular formula is C15H17Cl2FN2. The lowest BCUT2D eigenvalue weighted by molar-refractivity contribution is 0.389. The minimum atomic E-state index is -0.431. The molecule has 3 rings (SSSR count). The third kappa shape index (κ3) is 2.42. The zero-order chi connectivity index (χ0) is 14.3. The van der Waals surface area contributed by atoms with E-state index in [1.807, 2.05) is 0 Å². The maximum absolute atomic E-state index is 13.6. The smallest absolute Gasteiger partial charge is 0.144 e. The lowest BCUT2D eigenvalue weighted by atomic mass is 10.0. The second-order valence-electron chi connectivity index (χ2n) is 5.75. The summed E-state index contributed by atoms with van der Waals surface area (Å²) < 4.78 is 15.7. The number of halogens is 3. The molecule has 0 atom stereocenters. The van der Waals surface area contributed by atoms with Crippen LogP contribution in [0.25, 0.3) is 11.0 Å². The Hall–Kier alpha value is -0.800. The Morgan fingerprint density at radius 2 is 2.15 bits per heavy atom. The van der Waals surface area contributed by atoms with Gasteiger partial charge in [0.25, 0.3) is 0 Å². The van der Waals surface area contributed by atoms with Gasteiger partial charge in [-0.05, 0) is 30.7 Å². The molecule has 0 saturated heterocycles. The summed E-state index contributed by atoms with van der Waals surface area (Å²) in [5, 5.41) is 0.139. The topological polar surface area (TPSA) is 17.8 Å². The van der Waals surface area contributed by atoms with E-state index in [1.165, 1.54) is 31.7 Å². The molecule has 1 aromatic heterocycles. The van der Waals surface area contributed by atoms with Gasteiger partial charge >= 0.3 is 0 Å². The van der Waals surface area contributed by atoms with Gasteiger partial charge in [0.05, 0.1) is 21.9 Å². The summed E-state index contributed by atoms with van der Waals surface area (Å²) >= 11 is 11.9. The van der Waals surface area contributed by atoms with E-state index in [0.717, 1.165) is 17.9 Å². The summed E-state index contributed by atoms with van der Waals surface area (Å²) in [7, 11) is 0. The summed E-state index contributed by atoms with van der Waals surface area (Å²) in [6.07, 6.45) is 4.88. The van der Waals surface area contributed by atoms with Gasteiger partial charge in [0.15, 0.2) is 0 Å². The van der Waals surface area contributed by atoms with Gasteiger partial charge < -0.3 is 4.57 Å². The molecule has 1 heterocycles. The number of alkyl halides is 1. The average Bonchev–Trinajstić information content (AvgIpc) is 3.10. The number of hydrogen-bond acceptors (Lipinski definition) is 1. The number of nitrogens with zero attached hydrogens (tertiary/aromatic N) is 2. The Morgan fingerprint density at radius 1 is 1.40 bits per heavy atom. The van der Waals surface area contributed by atoms with Gasteiger partial charge in [-0.15, -0.1) is 11.6 Å². The van der Waals surface area contributed by atoms with Gasteiger partial charge in [-0.2, -0.15) is 0 Å². The summed E-state index contributed by atoms with van der Waals surface area (Å²) in [5.74, 6) is 0.696. The van der Waals surface area contributed by atoms with E-state index in [9.17, 15) is 4.39 Å². The zero-order valence-corrected chi connectivity index (χ0v) is 12.9. The van der Waals surface area contributed by atoms with E-state index in [1.54, 1.807) is 6.07 Å². The molecule has 0 unspecified atom stereocenters. The fourth-order valence-corrected chi connectivity index (χ4v) is 3.34. The Bertz CT molecular complexity index is 647. The molecule has 0 bridgehead atoms. The van der Waals surface area contributed by atoms with E-state index in [4.69, 9.17) is 23.2 Å². The quantitative estimate of drug-likeness (QED) is 0.698. The molecule has 0 amide bonds. The minimum Gasteiger partial charge on any atom is -0.326 e. The predicted octanol–water partition coefficient (Wildman–Crippen LogP) is 5.15. The van der Waals surface area contributed by atoms with Crippen molar-refractivity contribution in [3.8, 4) is 0 Å². The van der Waals surface area contributed by atoms with Crippen LogP contribution in [0.5, 0.6) is 0 Å². The number of imidazole rings is 1. The molecule has 0 aliphatic heterocycles. The van der Waals surface area contributed by atoms with Gasteiger partial charge in [-0.1, -0.05) is 24.9 Å². The van der Waals surface area contributed by atoms with E-state index < -0.39 is 5.82 Å². The lowest BCUT2D eigenvalue weighted by Crippen LogP contribution is -2.13. The van der Waals surface area contributed by atoms with Crippen LogP contribution in [0.1, 0.15) is 38.4 Å². The standard InChI is InChI=1S/C15H17Cl2FN2/c1-2-3-15(4-5-15)9-20-13-6-10(17)11(18)7-12(13)19-14(20)8-16/h6-7H,2-5,8-9H2,1H3. The number of hydrogen-bond donors (Lipinski definition) is 0. The average molecular weight is 315 g/mol.